The molecule has 1 saturated heterocycles. The van der Waals surface area contributed by atoms with E-state index in [9.17, 15) is 14.4 Å². The summed E-state index contributed by atoms with van der Waals surface area (Å²) in [5.74, 6) is -2.17. The summed E-state index contributed by atoms with van der Waals surface area (Å²) in [7, 11) is 1.28. The molecule has 2 heterocycles. The number of carbonyl (C=O) groups is 3. The van der Waals surface area contributed by atoms with Gasteiger partial charge in [-0.25, -0.2) is 10.0 Å². The number of hydrogen-bond donors (Lipinski definition) is 3. The lowest BCUT2D eigenvalue weighted by Gasteiger charge is -2.43. The van der Waals surface area contributed by atoms with Crippen molar-refractivity contribution in [3.8, 4) is 0 Å². The minimum Gasteiger partial charge on any atom is -0.481 e. The number of carbonyl (C=O) groups excluding carboxylic acids is 2. The Morgan fingerprint density at radius 1 is 1.56 bits per heavy atom. The van der Waals surface area contributed by atoms with Crippen molar-refractivity contribution in [1.82, 2.24) is 15.4 Å². The van der Waals surface area contributed by atoms with Crippen LogP contribution in [-0.4, -0.2) is 64.4 Å². The number of hydrogen-bond acceptors (Lipinski definition) is 9. The molecule has 12 heteroatoms. The normalized spacial score (nSPS) is 20.2. The predicted molar refractivity (Wildman–Crippen MR) is 86.5 cm³/mol. The van der Waals surface area contributed by atoms with Crippen molar-refractivity contribution in [2.45, 2.75) is 25.4 Å². The average molecular weight is 371 g/mol. The van der Waals surface area contributed by atoms with Crippen molar-refractivity contribution < 1.29 is 29.2 Å². The quantitative estimate of drug-likeness (QED) is 0.304. The lowest BCUT2D eigenvalue weighted by Crippen LogP contribution is -2.69. The SMILES string of the molecule is CON=C(C(=O)N[C@H]1C(=O)N(OCCC(=O)O)[C@@H]1C)c1csc(N)n1. The van der Waals surface area contributed by atoms with Gasteiger partial charge in [-0.1, -0.05) is 5.16 Å². The Morgan fingerprint density at radius 2 is 2.28 bits per heavy atom. The summed E-state index contributed by atoms with van der Waals surface area (Å²) in [6.07, 6.45) is -0.233. The Kier molecular flexibility index (Phi) is 5.88. The van der Waals surface area contributed by atoms with E-state index in [-0.39, 0.29) is 29.6 Å². The van der Waals surface area contributed by atoms with E-state index in [0.717, 1.165) is 16.4 Å². The van der Waals surface area contributed by atoms with Gasteiger partial charge in [0.15, 0.2) is 10.8 Å². The molecule has 25 heavy (non-hydrogen) atoms. The van der Waals surface area contributed by atoms with Gasteiger partial charge < -0.3 is 21.0 Å². The van der Waals surface area contributed by atoms with Gasteiger partial charge >= 0.3 is 5.97 Å². The van der Waals surface area contributed by atoms with Crippen LogP contribution in [0.15, 0.2) is 10.5 Å². The van der Waals surface area contributed by atoms with Crippen LogP contribution in [0.25, 0.3) is 0 Å². The Hall–Kier alpha value is -2.73. The summed E-state index contributed by atoms with van der Waals surface area (Å²) in [6, 6.07) is -1.29. The third-order valence-electron chi connectivity index (χ3n) is 3.33. The summed E-state index contributed by atoms with van der Waals surface area (Å²) >= 11 is 1.13. The van der Waals surface area contributed by atoms with Gasteiger partial charge in [-0.2, -0.15) is 0 Å². The molecular weight excluding hydrogens is 354 g/mol. The number of aliphatic carboxylic acids is 1. The van der Waals surface area contributed by atoms with Crippen LogP contribution in [0.4, 0.5) is 5.13 Å². The molecule has 1 aliphatic heterocycles. The molecule has 1 aromatic rings. The second-order valence-corrected chi connectivity index (χ2v) is 5.92. The van der Waals surface area contributed by atoms with Gasteiger partial charge in [0.25, 0.3) is 11.8 Å². The number of carboxylic acids is 1. The van der Waals surface area contributed by atoms with E-state index in [2.05, 4.69) is 20.3 Å². The van der Waals surface area contributed by atoms with Gasteiger partial charge in [-0.15, -0.1) is 11.3 Å². The maximum Gasteiger partial charge on any atom is 0.305 e. The molecule has 0 aromatic carbocycles. The van der Waals surface area contributed by atoms with Crippen molar-refractivity contribution in [3.05, 3.63) is 11.1 Å². The number of nitrogens with two attached hydrogens (primary N) is 1. The fourth-order valence-electron chi connectivity index (χ4n) is 2.09. The molecule has 136 valence electrons. The second kappa shape index (κ2) is 7.90. The van der Waals surface area contributed by atoms with E-state index < -0.39 is 29.9 Å². The summed E-state index contributed by atoms with van der Waals surface area (Å²) in [5, 5.41) is 17.5. The number of anilines is 1. The molecule has 11 nitrogen and oxygen atoms in total. The molecule has 0 saturated carbocycles. The Bertz CT molecular complexity index is 705. The van der Waals surface area contributed by atoms with Gasteiger partial charge in [0, 0.05) is 5.38 Å². The highest BCUT2D eigenvalue weighted by molar-refractivity contribution is 7.13. The first kappa shape index (κ1) is 18.6. The lowest BCUT2D eigenvalue weighted by molar-refractivity contribution is -0.232. The minimum atomic E-state index is -1.03. The van der Waals surface area contributed by atoms with Crippen molar-refractivity contribution in [1.29, 1.82) is 0 Å². The van der Waals surface area contributed by atoms with E-state index >= 15 is 0 Å². The number of rotatable bonds is 8. The van der Waals surface area contributed by atoms with Crippen molar-refractivity contribution in [2.75, 3.05) is 19.5 Å². The molecule has 2 atom stereocenters. The molecular formula is C13H17N5O6S. The standard InChI is InChI=1S/C13H17N5O6S/c1-6-9(12(22)18(6)24-4-3-8(19)20)16-11(21)10(17-23-2)7-5-25-13(14)15-7/h5-6,9H,3-4H2,1-2H3,(H2,14,15)(H,16,21)(H,19,20)/t6-,9-/m1/s1. The molecule has 0 unspecified atom stereocenters. The highest BCUT2D eigenvalue weighted by atomic mass is 32.1. The first-order chi connectivity index (χ1) is 11.8. The third kappa shape index (κ3) is 4.22. The number of nitrogens with zero attached hydrogens (tertiary/aromatic N) is 3. The molecule has 1 fully saturated rings. The summed E-state index contributed by atoms with van der Waals surface area (Å²) in [5.41, 5.74) is 5.66. The van der Waals surface area contributed by atoms with Crippen molar-refractivity contribution >= 4 is 40.0 Å². The highest BCUT2D eigenvalue weighted by Gasteiger charge is 2.47. The van der Waals surface area contributed by atoms with E-state index in [4.69, 9.17) is 15.7 Å². The maximum absolute atomic E-state index is 12.4. The van der Waals surface area contributed by atoms with Crippen molar-refractivity contribution in [3.63, 3.8) is 0 Å². The van der Waals surface area contributed by atoms with E-state index in [0.29, 0.717) is 0 Å². The number of thiazole rings is 1. The number of β-lactam (4-membered cyclic amide) rings is 1. The topological polar surface area (TPSA) is 156 Å². The van der Waals surface area contributed by atoms with E-state index in [1.165, 1.54) is 7.11 Å². The molecule has 1 aromatic heterocycles. The van der Waals surface area contributed by atoms with E-state index in [1.54, 1.807) is 12.3 Å². The van der Waals surface area contributed by atoms with Crippen LogP contribution in [0.1, 0.15) is 19.0 Å². The Morgan fingerprint density at radius 3 is 2.80 bits per heavy atom. The van der Waals surface area contributed by atoms with Crippen LogP contribution in [0.5, 0.6) is 0 Å². The van der Waals surface area contributed by atoms with Crippen LogP contribution in [0.2, 0.25) is 0 Å². The highest BCUT2D eigenvalue weighted by Crippen LogP contribution is 2.21. The van der Waals surface area contributed by atoms with Gasteiger partial charge in [0.05, 0.1) is 19.1 Å². The number of carboxylic acid groups (broad SMARTS) is 1. The predicted octanol–water partition coefficient (Wildman–Crippen LogP) is -0.802. The van der Waals surface area contributed by atoms with Crippen LogP contribution in [0, 0.1) is 0 Å². The summed E-state index contributed by atoms with van der Waals surface area (Å²) in [4.78, 5) is 48.6. The fourth-order valence-corrected chi connectivity index (χ4v) is 2.64. The first-order valence-corrected chi connectivity index (χ1v) is 8.04. The number of aromatic nitrogens is 1. The van der Waals surface area contributed by atoms with Crippen LogP contribution in [-0.2, 0) is 24.1 Å². The number of oxime groups is 1. The van der Waals surface area contributed by atoms with Crippen LogP contribution < -0.4 is 11.1 Å². The zero-order chi connectivity index (χ0) is 18.6. The average Bonchev–Trinajstić information content (AvgIpc) is 2.99. The summed E-state index contributed by atoms with van der Waals surface area (Å²) in [6.45, 7) is 1.52. The summed E-state index contributed by atoms with van der Waals surface area (Å²) < 4.78 is 0. The Labute approximate surface area is 146 Å². The third-order valence-corrected chi connectivity index (χ3v) is 4.00. The van der Waals surface area contributed by atoms with Crippen LogP contribution in [0.3, 0.4) is 0 Å². The minimum absolute atomic E-state index is 0.110. The number of amides is 2. The molecule has 2 rings (SSSR count). The zero-order valence-electron chi connectivity index (χ0n) is 13.5. The molecule has 1 aliphatic rings. The van der Waals surface area contributed by atoms with Gasteiger partial charge in [0.1, 0.15) is 18.8 Å². The molecule has 0 spiro atoms. The largest absolute Gasteiger partial charge is 0.481 e. The fraction of sp³-hybridized carbons (Fsp3) is 0.462. The second-order valence-electron chi connectivity index (χ2n) is 5.03. The van der Waals surface area contributed by atoms with Gasteiger partial charge in [-0.05, 0) is 6.92 Å². The zero-order valence-corrected chi connectivity index (χ0v) is 14.3. The lowest BCUT2D eigenvalue weighted by atomic mass is 10.00. The molecule has 0 bridgehead atoms. The molecule has 4 N–H and O–H groups in total. The van der Waals surface area contributed by atoms with Gasteiger partial charge in [0.2, 0.25) is 0 Å². The maximum atomic E-state index is 12.4. The Balaban J connectivity index is 1.97. The number of nitrogen functional groups attached to an aromatic ring is 1. The number of hydroxylamine groups is 2. The number of nitrogens with one attached hydrogen (secondary N) is 1. The van der Waals surface area contributed by atoms with Gasteiger partial charge in [-0.3, -0.25) is 19.2 Å². The molecule has 0 aliphatic carbocycles. The molecule has 0 radical (unpaired) electrons. The van der Waals surface area contributed by atoms with E-state index in [1.807, 2.05) is 0 Å². The monoisotopic (exact) mass is 371 g/mol. The van der Waals surface area contributed by atoms with Crippen LogP contribution >= 0.6 is 11.3 Å². The van der Waals surface area contributed by atoms with Crippen molar-refractivity contribution in [2.24, 2.45) is 5.16 Å². The first-order valence-electron chi connectivity index (χ1n) is 7.16. The smallest absolute Gasteiger partial charge is 0.305 e. The molecule has 2 amide bonds.